The molecule has 0 bridgehead atoms. The van der Waals surface area contributed by atoms with E-state index in [2.05, 4.69) is 11.9 Å². The van der Waals surface area contributed by atoms with Gasteiger partial charge in [0.05, 0.1) is 11.4 Å². The maximum Gasteiger partial charge on any atom is 0.153 e. The van der Waals surface area contributed by atoms with Crippen molar-refractivity contribution in [3.05, 3.63) is 29.6 Å². The Morgan fingerprint density at radius 2 is 2.21 bits per heavy atom. The molecule has 1 aliphatic carbocycles. The summed E-state index contributed by atoms with van der Waals surface area (Å²) in [6, 6.07) is 2.51. The van der Waals surface area contributed by atoms with Crippen molar-refractivity contribution in [1.82, 2.24) is 9.55 Å². The number of fused-ring (bicyclic) bond motifs is 1. The molecule has 1 aliphatic rings. The maximum atomic E-state index is 13.7. The summed E-state index contributed by atoms with van der Waals surface area (Å²) in [5.41, 5.74) is 0.746. The highest BCUT2D eigenvalue weighted by molar-refractivity contribution is 6.16. The Labute approximate surface area is 115 Å². The number of hydrogen-bond donors (Lipinski definition) is 0. The molecule has 1 heterocycles. The summed E-state index contributed by atoms with van der Waals surface area (Å²) in [4.78, 5) is 4.22. The molecular weight excluding hydrogens is 270 g/mol. The van der Waals surface area contributed by atoms with Gasteiger partial charge < -0.3 is 4.57 Å². The Kier molecular flexibility index (Phi) is 3.21. The highest BCUT2D eigenvalue weighted by Crippen LogP contribution is 2.48. The van der Waals surface area contributed by atoms with Gasteiger partial charge >= 0.3 is 0 Å². The van der Waals surface area contributed by atoms with Gasteiger partial charge in [0.25, 0.3) is 0 Å². The van der Waals surface area contributed by atoms with Crippen LogP contribution in [-0.2, 0) is 5.88 Å². The van der Waals surface area contributed by atoms with Crippen LogP contribution in [0.3, 0.4) is 0 Å². The van der Waals surface area contributed by atoms with Crippen LogP contribution >= 0.6 is 11.6 Å². The van der Waals surface area contributed by atoms with Gasteiger partial charge in [0.2, 0.25) is 0 Å². The number of aromatic nitrogens is 2. The first-order valence-corrected chi connectivity index (χ1v) is 7.11. The van der Waals surface area contributed by atoms with Crippen molar-refractivity contribution >= 4 is 22.6 Å². The third-order valence-corrected chi connectivity index (χ3v) is 4.02. The Morgan fingerprint density at radius 3 is 2.89 bits per heavy atom. The van der Waals surface area contributed by atoms with E-state index in [0.29, 0.717) is 23.3 Å². The third-order valence-electron chi connectivity index (χ3n) is 3.78. The number of benzene rings is 1. The van der Waals surface area contributed by atoms with Gasteiger partial charge in [-0.15, -0.1) is 11.6 Å². The Balaban J connectivity index is 2.11. The number of hydrogen-bond acceptors (Lipinski definition) is 1. The van der Waals surface area contributed by atoms with Gasteiger partial charge in [-0.1, -0.05) is 13.3 Å². The summed E-state index contributed by atoms with van der Waals surface area (Å²) in [6.07, 6.45) is 3.29. The van der Waals surface area contributed by atoms with Crippen LogP contribution in [0.25, 0.3) is 11.0 Å². The zero-order valence-electron chi connectivity index (χ0n) is 10.7. The molecule has 1 saturated carbocycles. The molecule has 102 valence electrons. The van der Waals surface area contributed by atoms with E-state index in [0.717, 1.165) is 25.3 Å². The van der Waals surface area contributed by atoms with Gasteiger partial charge in [0, 0.05) is 12.1 Å². The van der Waals surface area contributed by atoms with Crippen LogP contribution < -0.4 is 0 Å². The second kappa shape index (κ2) is 4.75. The molecule has 2 unspecified atom stereocenters. The van der Waals surface area contributed by atoms with Gasteiger partial charge in [-0.05, 0) is 24.8 Å². The van der Waals surface area contributed by atoms with Crippen LogP contribution in [0.5, 0.6) is 0 Å². The van der Waals surface area contributed by atoms with Crippen LogP contribution in [0.4, 0.5) is 8.78 Å². The van der Waals surface area contributed by atoms with Gasteiger partial charge in [0.15, 0.2) is 5.82 Å². The topological polar surface area (TPSA) is 17.8 Å². The Morgan fingerprint density at radius 1 is 1.42 bits per heavy atom. The first-order valence-electron chi connectivity index (χ1n) is 6.57. The zero-order valence-corrected chi connectivity index (χ0v) is 11.4. The van der Waals surface area contributed by atoms with Crippen molar-refractivity contribution in [1.29, 1.82) is 0 Å². The van der Waals surface area contributed by atoms with E-state index in [9.17, 15) is 8.78 Å². The lowest BCUT2D eigenvalue weighted by Gasteiger charge is -2.07. The lowest BCUT2D eigenvalue weighted by molar-refractivity contribution is 0.587. The quantitative estimate of drug-likeness (QED) is 0.760. The van der Waals surface area contributed by atoms with Gasteiger partial charge in [0.1, 0.15) is 17.2 Å². The fourth-order valence-electron chi connectivity index (χ4n) is 2.86. The van der Waals surface area contributed by atoms with Crippen molar-refractivity contribution in [2.45, 2.75) is 38.1 Å². The molecule has 0 N–H and O–H groups in total. The largest absolute Gasteiger partial charge is 0.323 e. The monoisotopic (exact) mass is 284 g/mol. The van der Waals surface area contributed by atoms with Crippen molar-refractivity contribution < 1.29 is 8.78 Å². The molecule has 2 aromatic rings. The molecule has 5 heteroatoms. The lowest BCUT2D eigenvalue weighted by atomic mass is 10.2. The minimum Gasteiger partial charge on any atom is -0.323 e. The van der Waals surface area contributed by atoms with Crippen molar-refractivity contribution in [2.24, 2.45) is 5.92 Å². The van der Waals surface area contributed by atoms with Crippen LogP contribution in [0, 0.1) is 17.6 Å². The second-order valence-electron chi connectivity index (χ2n) is 5.14. The summed E-state index contributed by atoms with van der Waals surface area (Å²) in [7, 11) is 0. The molecular formula is C14H15ClF2N2. The molecule has 1 aromatic carbocycles. The van der Waals surface area contributed by atoms with Gasteiger partial charge in [-0.2, -0.15) is 0 Å². The van der Waals surface area contributed by atoms with Gasteiger partial charge in [-0.25, -0.2) is 13.8 Å². The summed E-state index contributed by atoms with van der Waals surface area (Å²) < 4.78 is 29.1. The molecule has 2 atom stereocenters. The number of halogens is 3. The van der Waals surface area contributed by atoms with E-state index in [1.165, 1.54) is 6.07 Å². The first kappa shape index (κ1) is 12.9. The second-order valence-corrected chi connectivity index (χ2v) is 5.41. The maximum absolute atomic E-state index is 13.7. The summed E-state index contributed by atoms with van der Waals surface area (Å²) in [6.45, 7) is 2.14. The minimum absolute atomic E-state index is 0.213. The summed E-state index contributed by atoms with van der Waals surface area (Å²) >= 11 is 5.89. The van der Waals surface area contributed by atoms with E-state index in [1.807, 2.05) is 4.57 Å². The fourth-order valence-corrected chi connectivity index (χ4v) is 3.05. The first-order chi connectivity index (χ1) is 9.15. The van der Waals surface area contributed by atoms with E-state index in [1.54, 1.807) is 0 Å². The number of rotatable bonds is 4. The average molecular weight is 285 g/mol. The molecule has 0 amide bonds. The minimum atomic E-state index is -0.618. The highest BCUT2D eigenvalue weighted by atomic mass is 35.5. The number of imidazole rings is 1. The highest BCUT2D eigenvalue weighted by Gasteiger charge is 2.40. The summed E-state index contributed by atoms with van der Waals surface area (Å²) in [5, 5.41) is 0. The third kappa shape index (κ3) is 2.12. The van der Waals surface area contributed by atoms with Crippen LogP contribution in [-0.4, -0.2) is 9.55 Å². The molecule has 0 radical (unpaired) electrons. The predicted molar refractivity (Wildman–Crippen MR) is 71.3 cm³/mol. The fraction of sp³-hybridized carbons (Fsp3) is 0.500. The van der Waals surface area contributed by atoms with E-state index < -0.39 is 11.6 Å². The Bertz CT molecular complexity index is 623. The lowest BCUT2D eigenvalue weighted by Crippen LogP contribution is -2.01. The van der Waals surface area contributed by atoms with Crippen LogP contribution in [0.15, 0.2) is 12.1 Å². The average Bonchev–Trinajstić information content (AvgIpc) is 3.00. The predicted octanol–water partition coefficient (Wildman–Crippen LogP) is 4.41. The molecule has 19 heavy (non-hydrogen) atoms. The molecule has 1 aromatic heterocycles. The van der Waals surface area contributed by atoms with Gasteiger partial charge in [-0.3, -0.25) is 0 Å². The molecule has 1 fully saturated rings. The van der Waals surface area contributed by atoms with Crippen molar-refractivity contribution in [2.75, 3.05) is 0 Å². The molecule has 0 saturated heterocycles. The SMILES string of the molecule is CCCC1CC1n1c(CCl)nc2c(F)cc(F)cc21. The smallest absolute Gasteiger partial charge is 0.153 e. The van der Waals surface area contributed by atoms with Crippen LogP contribution in [0.2, 0.25) is 0 Å². The number of nitrogens with zero attached hydrogens (tertiary/aromatic N) is 2. The van der Waals surface area contributed by atoms with Crippen molar-refractivity contribution in [3.63, 3.8) is 0 Å². The van der Waals surface area contributed by atoms with E-state index in [-0.39, 0.29) is 11.4 Å². The normalized spacial score (nSPS) is 22.1. The molecule has 3 rings (SSSR count). The van der Waals surface area contributed by atoms with Crippen molar-refractivity contribution in [3.8, 4) is 0 Å². The summed E-state index contributed by atoms with van der Waals surface area (Å²) in [5.74, 6) is 0.235. The molecule has 0 spiro atoms. The number of alkyl halides is 1. The Hall–Kier alpha value is -1.16. The molecule has 2 nitrogen and oxygen atoms in total. The zero-order chi connectivity index (χ0) is 13.6. The van der Waals surface area contributed by atoms with Crippen LogP contribution in [0.1, 0.15) is 38.1 Å². The standard InChI is InChI=1S/C14H15ClF2N2/c1-2-3-8-4-11(8)19-12-6-9(16)5-10(17)14(12)18-13(19)7-15/h5-6,8,11H,2-4,7H2,1H3. The molecule has 0 aliphatic heterocycles. The van der Waals surface area contributed by atoms with E-state index >= 15 is 0 Å². The van der Waals surface area contributed by atoms with E-state index in [4.69, 9.17) is 11.6 Å².